The first-order chi connectivity index (χ1) is 4.00. The summed E-state index contributed by atoms with van der Waals surface area (Å²) in [6, 6.07) is 0. The number of aliphatic imine (C=N–C) groups is 2. The van der Waals surface area contributed by atoms with Gasteiger partial charge in [0.2, 0.25) is 0 Å². The highest BCUT2D eigenvalue weighted by Crippen LogP contribution is 1.72. The predicted octanol–water partition coefficient (Wildman–Crippen LogP) is 0.452. The van der Waals surface area contributed by atoms with E-state index in [1.807, 2.05) is 0 Å². The molecule has 1 rings (SSSR count). The largest absolute Gasteiger partial charge is 0.241 e. The molecule has 0 aromatic rings. The van der Waals surface area contributed by atoms with Gasteiger partial charge >= 0.3 is 0 Å². The van der Waals surface area contributed by atoms with Crippen LogP contribution in [0.3, 0.4) is 0 Å². The SMILES string of the molecule is C1=CC=C=NCCN=1. The van der Waals surface area contributed by atoms with E-state index in [2.05, 4.69) is 21.7 Å². The zero-order chi connectivity index (χ0) is 5.66. The van der Waals surface area contributed by atoms with Gasteiger partial charge in [0.05, 0.1) is 13.1 Å². The molecule has 1 aliphatic heterocycles. The van der Waals surface area contributed by atoms with E-state index in [0.717, 1.165) is 13.1 Å². The van der Waals surface area contributed by atoms with E-state index in [1.54, 1.807) is 12.2 Å². The van der Waals surface area contributed by atoms with Crippen molar-refractivity contribution in [3.8, 4) is 0 Å². The number of nitrogens with zero attached hydrogens (tertiary/aromatic N) is 2. The van der Waals surface area contributed by atoms with Crippen molar-refractivity contribution in [1.29, 1.82) is 0 Å². The van der Waals surface area contributed by atoms with Crippen molar-refractivity contribution in [3.05, 3.63) is 12.2 Å². The summed E-state index contributed by atoms with van der Waals surface area (Å²) in [6.07, 6.45) is 3.39. The van der Waals surface area contributed by atoms with E-state index in [9.17, 15) is 0 Å². The molecule has 40 valence electrons. The van der Waals surface area contributed by atoms with Gasteiger partial charge in [-0.1, -0.05) is 0 Å². The van der Waals surface area contributed by atoms with E-state index < -0.39 is 0 Å². The molecule has 2 nitrogen and oxygen atoms in total. The molecule has 0 aliphatic carbocycles. The van der Waals surface area contributed by atoms with Gasteiger partial charge < -0.3 is 0 Å². The Morgan fingerprint density at radius 3 is 2.00 bits per heavy atom. The summed E-state index contributed by atoms with van der Waals surface area (Å²) >= 11 is 0. The Bertz CT molecular complexity index is 157. The minimum Gasteiger partial charge on any atom is -0.241 e. The van der Waals surface area contributed by atoms with Gasteiger partial charge in [0, 0.05) is 12.2 Å². The maximum absolute atomic E-state index is 3.86. The highest BCUT2D eigenvalue weighted by atomic mass is 14.8. The van der Waals surface area contributed by atoms with Crippen molar-refractivity contribution in [3.63, 3.8) is 0 Å². The molecule has 0 N–H and O–H groups in total. The molecular weight excluding hydrogens is 100 g/mol. The van der Waals surface area contributed by atoms with Crippen LogP contribution in [-0.2, 0) is 0 Å². The predicted molar refractivity (Wildman–Crippen MR) is 33.7 cm³/mol. The smallest absolute Gasteiger partial charge is 0.0687 e. The first-order valence-electron chi connectivity index (χ1n) is 2.49. The molecule has 0 atom stereocenters. The monoisotopic (exact) mass is 106 g/mol. The van der Waals surface area contributed by atoms with Gasteiger partial charge in [-0.3, -0.25) is 0 Å². The first kappa shape index (κ1) is 5.04. The van der Waals surface area contributed by atoms with E-state index in [-0.39, 0.29) is 0 Å². The van der Waals surface area contributed by atoms with Crippen LogP contribution >= 0.6 is 0 Å². The summed E-state index contributed by atoms with van der Waals surface area (Å²) in [5, 5.41) is 0. The van der Waals surface area contributed by atoms with E-state index >= 15 is 0 Å². The lowest BCUT2D eigenvalue weighted by Crippen LogP contribution is -1.84. The number of hydrogen-bond donors (Lipinski definition) is 0. The molecule has 0 unspecified atom stereocenters. The Balaban J connectivity index is 2.74. The van der Waals surface area contributed by atoms with Gasteiger partial charge in [-0.15, -0.1) is 0 Å². The van der Waals surface area contributed by atoms with E-state index in [4.69, 9.17) is 0 Å². The van der Waals surface area contributed by atoms with E-state index in [1.165, 1.54) is 0 Å². The molecule has 2 heteroatoms. The van der Waals surface area contributed by atoms with Crippen LogP contribution in [0.1, 0.15) is 0 Å². The molecular formula is C6H6N2. The normalized spacial score (nSPS) is 16.0. The highest BCUT2D eigenvalue weighted by molar-refractivity contribution is 5.64. The van der Waals surface area contributed by atoms with Crippen LogP contribution in [0, 0.1) is 0 Å². The summed E-state index contributed by atoms with van der Waals surface area (Å²) in [5.41, 5.74) is 0. The second-order valence-electron chi connectivity index (χ2n) is 1.35. The molecule has 0 aromatic carbocycles. The summed E-state index contributed by atoms with van der Waals surface area (Å²) in [5.74, 6) is 5.42. The third-order valence-corrected chi connectivity index (χ3v) is 0.739. The van der Waals surface area contributed by atoms with Crippen LogP contribution in [0.5, 0.6) is 0 Å². The summed E-state index contributed by atoms with van der Waals surface area (Å²) in [7, 11) is 0. The van der Waals surface area contributed by atoms with Crippen molar-refractivity contribution in [2.75, 3.05) is 13.1 Å². The van der Waals surface area contributed by atoms with Crippen molar-refractivity contribution < 1.29 is 0 Å². The van der Waals surface area contributed by atoms with Crippen LogP contribution in [-0.4, -0.2) is 24.8 Å². The second-order valence-corrected chi connectivity index (χ2v) is 1.35. The van der Waals surface area contributed by atoms with Gasteiger partial charge in [0.15, 0.2) is 0 Å². The third kappa shape index (κ3) is 1.57. The van der Waals surface area contributed by atoms with Crippen LogP contribution in [0.15, 0.2) is 22.1 Å². The summed E-state index contributed by atoms with van der Waals surface area (Å²) in [4.78, 5) is 7.72. The molecule has 0 saturated heterocycles. The highest BCUT2D eigenvalue weighted by Gasteiger charge is 1.74. The lowest BCUT2D eigenvalue weighted by Gasteiger charge is -1.81. The number of rotatable bonds is 0. The van der Waals surface area contributed by atoms with Crippen molar-refractivity contribution >= 4 is 11.7 Å². The van der Waals surface area contributed by atoms with Crippen LogP contribution < -0.4 is 0 Å². The Hall–Kier alpha value is -1.10. The molecule has 0 radical (unpaired) electrons. The van der Waals surface area contributed by atoms with Crippen molar-refractivity contribution in [2.45, 2.75) is 0 Å². The topological polar surface area (TPSA) is 24.7 Å². The third-order valence-electron chi connectivity index (χ3n) is 0.739. The molecule has 1 aliphatic rings. The first-order valence-corrected chi connectivity index (χ1v) is 2.49. The molecule has 0 fully saturated rings. The Morgan fingerprint density at radius 1 is 1.00 bits per heavy atom. The molecule has 0 bridgehead atoms. The molecule has 0 spiro atoms. The zero-order valence-electron chi connectivity index (χ0n) is 4.46. The van der Waals surface area contributed by atoms with Gasteiger partial charge in [-0.2, -0.15) is 0 Å². The molecule has 8 heavy (non-hydrogen) atoms. The van der Waals surface area contributed by atoms with Crippen LogP contribution in [0.25, 0.3) is 0 Å². The van der Waals surface area contributed by atoms with Gasteiger partial charge in [-0.05, 0) is 11.7 Å². The van der Waals surface area contributed by atoms with Crippen molar-refractivity contribution in [1.82, 2.24) is 0 Å². The van der Waals surface area contributed by atoms with Gasteiger partial charge in [0.1, 0.15) is 0 Å². The Kier molecular flexibility index (Phi) is 1.88. The fourth-order valence-electron chi connectivity index (χ4n) is 0.409. The number of allylic oxidation sites excluding steroid dienone is 2. The summed E-state index contributed by atoms with van der Waals surface area (Å²) < 4.78 is 0. The van der Waals surface area contributed by atoms with Gasteiger partial charge in [-0.25, -0.2) is 9.98 Å². The minimum absolute atomic E-state index is 0.733. The fourth-order valence-corrected chi connectivity index (χ4v) is 0.409. The summed E-state index contributed by atoms with van der Waals surface area (Å²) in [6.45, 7) is 1.47. The standard InChI is InChI=1S/C6H6N2/c1-2-4-8-6-5-7-3-1/h1-2H,5-6H2. The fraction of sp³-hybridized carbons (Fsp3) is 0.333. The lowest BCUT2D eigenvalue weighted by atomic mass is 10.5. The average molecular weight is 106 g/mol. The minimum atomic E-state index is 0.733. The zero-order valence-corrected chi connectivity index (χ0v) is 4.46. The Morgan fingerprint density at radius 2 is 1.50 bits per heavy atom. The maximum atomic E-state index is 3.86. The Labute approximate surface area is 48.0 Å². The lowest BCUT2D eigenvalue weighted by molar-refractivity contribution is 0.988. The molecule has 0 aromatic heterocycles. The van der Waals surface area contributed by atoms with Crippen molar-refractivity contribution in [2.24, 2.45) is 9.98 Å². The quantitative estimate of drug-likeness (QED) is 0.428. The number of hydrogen-bond acceptors (Lipinski definition) is 2. The van der Waals surface area contributed by atoms with Crippen LogP contribution in [0.2, 0.25) is 0 Å². The van der Waals surface area contributed by atoms with Crippen LogP contribution in [0.4, 0.5) is 0 Å². The molecule has 0 amide bonds. The second kappa shape index (κ2) is 2.98. The average Bonchev–Trinajstić information content (AvgIpc) is 1.62. The molecule has 0 saturated carbocycles. The maximum Gasteiger partial charge on any atom is 0.0687 e. The van der Waals surface area contributed by atoms with E-state index in [0.29, 0.717) is 0 Å². The molecule has 1 heterocycles. The van der Waals surface area contributed by atoms with Gasteiger partial charge in [0.25, 0.3) is 0 Å².